The van der Waals surface area contributed by atoms with Crippen molar-refractivity contribution >= 4 is 21.8 Å². The number of rotatable bonds is 8. The van der Waals surface area contributed by atoms with Gasteiger partial charge in [-0.1, -0.05) is 18.2 Å². The molecule has 1 aliphatic rings. The molecule has 1 saturated heterocycles. The minimum atomic E-state index is -3.27. The molecule has 150 valence electrons. The minimum Gasteiger partial charge on any atom is -0.396 e. The van der Waals surface area contributed by atoms with E-state index in [1.165, 1.54) is 4.31 Å². The van der Waals surface area contributed by atoms with E-state index in [4.69, 9.17) is 5.11 Å². The van der Waals surface area contributed by atoms with Crippen molar-refractivity contribution in [3.05, 3.63) is 35.9 Å². The maximum atomic E-state index is 12.9. The molecule has 2 amide bonds. The second-order valence-corrected chi connectivity index (χ2v) is 8.58. The second-order valence-electron chi connectivity index (χ2n) is 6.60. The van der Waals surface area contributed by atoms with Crippen LogP contribution in [0.3, 0.4) is 0 Å². The summed E-state index contributed by atoms with van der Waals surface area (Å²) in [7, 11) is -3.27. The van der Waals surface area contributed by atoms with Crippen LogP contribution in [0.15, 0.2) is 30.3 Å². The molecule has 1 aliphatic heterocycles. The van der Waals surface area contributed by atoms with Crippen molar-refractivity contribution in [2.24, 2.45) is 0 Å². The molecule has 0 aliphatic carbocycles. The van der Waals surface area contributed by atoms with Gasteiger partial charge in [-0.15, -0.1) is 0 Å². The van der Waals surface area contributed by atoms with Gasteiger partial charge in [-0.25, -0.2) is 8.42 Å². The normalized spacial score (nSPS) is 16.7. The van der Waals surface area contributed by atoms with E-state index in [-0.39, 0.29) is 31.5 Å². The van der Waals surface area contributed by atoms with Crippen LogP contribution in [0.25, 0.3) is 0 Å². The molecule has 1 aromatic rings. The Kier molecular flexibility index (Phi) is 7.76. The summed E-state index contributed by atoms with van der Waals surface area (Å²) in [6.07, 6.45) is 2.73. The molecule has 1 atom stereocenters. The summed E-state index contributed by atoms with van der Waals surface area (Å²) in [5.74, 6) is -0.543. The zero-order valence-electron chi connectivity index (χ0n) is 15.5. The van der Waals surface area contributed by atoms with E-state index in [1.54, 1.807) is 29.2 Å². The average Bonchev–Trinajstić information content (AvgIpc) is 2.67. The maximum Gasteiger partial charge on any atom is 0.251 e. The number of piperazine rings is 1. The van der Waals surface area contributed by atoms with E-state index in [1.807, 2.05) is 6.07 Å². The number of carbonyl (C=O) groups is 2. The summed E-state index contributed by atoms with van der Waals surface area (Å²) >= 11 is 0. The molecular formula is C18H27N3O5S. The van der Waals surface area contributed by atoms with Gasteiger partial charge in [0.15, 0.2) is 0 Å². The van der Waals surface area contributed by atoms with Crippen molar-refractivity contribution in [1.82, 2.24) is 14.5 Å². The Bertz CT molecular complexity index is 731. The first-order valence-electron chi connectivity index (χ1n) is 9.03. The molecule has 2 rings (SSSR count). The zero-order valence-corrected chi connectivity index (χ0v) is 16.3. The van der Waals surface area contributed by atoms with Crippen molar-refractivity contribution in [1.29, 1.82) is 0 Å². The van der Waals surface area contributed by atoms with Gasteiger partial charge in [0.1, 0.15) is 6.04 Å². The standard InChI is InChI=1S/C18H27N3O5S/c1-27(25,26)21-12-10-20(11-13-21)18(24)16(9-5-6-14-22)19-17(23)15-7-3-2-4-8-15/h2-4,7-8,16,22H,5-6,9-14H2,1H3,(H,19,23). The van der Waals surface area contributed by atoms with Crippen LogP contribution in [0.2, 0.25) is 0 Å². The Morgan fingerprint density at radius 2 is 1.74 bits per heavy atom. The lowest BCUT2D eigenvalue weighted by Gasteiger charge is -2.35. The van der Waals surface area contributed by atoms with Gasteiger partial charge in [0, 0.05) is 38.3 Å². The predicted molar refractivity (Wildman–Crippen MR) is 102 cm³/mol. The van der Waals surface area contributed by atoms with Crippen LogP contribution in [-0.4, -0.2) is 79.6 Å². The number of nitrogens with zero attached hydrogens (tertiary/aromatic N) is 2. The van der Waals surface area contributed by atoms with Crippen molar-refractivity contribution in [3.63, 3.8) is 0 Å². The molecule has 0 bridgehead atoms. The third-order valence-corrected chi connectivity index (χ3v) is 5.86. The third-order valence-electron chi connectivity index (χ3n) is 4.56. The van der Waals surface area contributed by atoms with Crippen molar-refractivity contribution in [2.45, 2.75) is 25.3 Å². The lowest BCUT2D eigenvalue weighted by molar-refractivity contribution is -0.134. The number of carbonyl (C=O) groups excluding carboxylic acids is 2. The van der Waals surface area contributed by atoms with E-state index < -0.39 is 16.1 Å². The van der Waals surface area contributed by atoms with E-state index >= 15 is 0 Å². The number of amides is 2. The van der Waals surface area contributed by atoms with Crippen molar-refractivity contribution in [3.8, 4) is 0 Å². The first-order chi connectivity index (χ1) is 12.8. The highest BCUT2D eigenvalue weighted by atomic mass is 32.2. The predicted octanol–water partition coefficient (Wildman–Crippen LogP) is 0.0514. The van der Waals surface area contributed by atoms with Crippen LogP contribution < -0.4 is 5.32 Å². The fourth-order valence-corrected chi connectivity index (χ4v) is 3.84. The Morgan fingerprint density at radius 1 is 1.11 bits per heavy atom. The lowest BCUT2D eigenvalue weighted by atomic mass is 10.1. The fourth-order valence-electron chi connectivity index (χ4n) is 3.01. The highest BCUT2D eigenvalue weighted by Crippen LogP contribution is 2.11. The van der Waals surface area contributed by atoms with Crippen LogP contribution in [0, 0.1) is 0 Å². The van der Waals surface area contributed by atoms with Crippen LogP contribution in [0.5, 0.6) is 0 Å². The Balaban J connectivity index is 2.02. The number of hydrogen-bond donors (Lipinski definition) is 2. The molecule has 0 saturated carbocycles. The number of benzene rings is 1. The zero-order chi connectivity index (χ0) is 19.9. The SMILES string of the molecule is CS(=O)(=O)N1CCN(C(=O)C(CCCCO)NC(=O)c2ccccc2)CC1. The number of sulfonamides is 1. The number of aliphatic hydroxyl groups excluding tert-OH is 1. The number of unbranched alkanes of at least 4 members (excludes halogenated alkanes) is 1. The summed E-state index contributed by atoms with van der Waals surface area (Å²) in [5, 5.41) is 11.8. The van der Waals surface area contributed by atoms with Crippen molar-refractivity contribution < 1.29 is 23.1 Å². The van der Waals surface area contributed by atoms with E-state index in [0.717, 1.165) is 6.26 Å². The molecule has 1 aromatic carbocycles. The summed E-state index contributed by atoms with van der Waals surface area (Å²) in [5.41, 5.74) is 0.472. The highest BCUT2D eigenvalue weighted by molar-refractivity contribution is 7.88. The maximum absolute atomic E-state index is 12.9. The largest absolute Gasteiger partial charge is 0.396 e. The van der Waals surface area contributed by atoms with Gasteiger partial charge < -0.3 is 15.3 Å². The van der Waals surface area contributed by atoms with Crippen LogP contribution in [-0.2, 0) is 14.8 Å². The number of aliphatic hydroxyl groups is 1. The smallest absolute Gasteiger partial charge is 0.251 e. The molecule has 0 aromatic heterocycles. The summed E-state index contributed by atoms with van der Waals surface area (Å²) in [6.45, 7) is 1.12. The first-order valence-corrected chi connectivity index (χ1v) is 10.9. The summed E-state index contributed by atoms with van der Waals surface area (Å²) in [4.78, 5) is 26.9. The minimum absolute atomic E-state index is 0.0283. The van der Waals surface area contributed by atoms with Gasteiger partial charge in [0.2, 0.25) is 15.9 Å². The Hall–Kier alpha value is -1.97. The van der Waals surface area contributed by atoms with Crippen LogP contribution in [0.1, 0.15) is 29.6 Å². The fraction of sp³-hybridized carbons (Fsp3) is 0.556. The first kappa shape index (κ1) is 21.3. The van der Waals surface area contributed by atoms with Gasteiger partial charge >= 0.3 is 0 Å². The van der Waals surface area contributed by atoms with E-state index in [9.17, 15) is 18.0 Å². The molecule has 9 heteroatoms. The summed E-state index contributed by atoms with van der Waals surface area (Å²) < 4.78 is 24.6. The molecule has 1 fully saturated rings. The molecular weight excluding hydrogens is 370 g/mol. The van der Waals surface area contributed by atoms with E-state index in [0.29, 0.717) is 37.9 Å². The van der Waals surface area contributed by atoms with Gasteiger partial charge in [-0.2, -0.15) is 4.31 Å². The average molecular weight is 397 g/mol. The molecule has 2 N–H and O–H groups in total. The summed E-state index contributed by atoms with van der Waals surface area (Å²) in [6, 6.07) is 7.96. The monoisotopic (exact) mass is 397 g/mol. The Morgan fingerprint density at radius 3 is 2.30 bits per heavy atom. The molecule has 27 heavy (non-hydrogen) atoms. The Labute approximate surface area is 160 Å². The molecule has 0 spiro atoms. The van der Waals surface area contributed by atoms with Crippen molar-refractivity contribution in [2.75, 3.05) is 39.0 Å². The van der Waals surface area contributed by atoms with Crippen LogP contribution >= 0.6 is 0 Å². The highest BCUT2D eigenvalue weighted by Gasteiger charge is 2.30. The number of nitrogens with one attached hydrogen (secondary N) is 1. The van der Waals surface area contributed by atoms with Gasteiger partial charge in [-0.3, -0.25) is 9.59 Å². The van der Waals surface area contributed by atoms with Gasteiger partial charge in [-0.05, 0) is 31.4 Å². The van der Waals surface area contributed by atoms with Gasteiger partial charge in [0.05, 0.1) is 6.26 Å². The molecule has 1 unspecified atom stereocenters. The molecule has 0 radical (unpaired) electrons. The topological polar surface area (TPSA) is 107 Å². The second kappa shape index (κ2) is 9.82. The molecule has 8 nitrogen and oxygen atoms in total. The number of hydrogen-bond acceptors (Lipinski definition) is 5. The molecule has 1 heterocycles. The quantitative estimate of drug-likeness (QED) is 0.603. The van der Waals surface area contributed by atoms with Crippen LogP contribution in [0.4, 0.5) is 0 Å². The van der Waals surface area contributed by atoms with E-state index in [2.05, 4.69) is 5.32 Å². The lowest BCUT2D eigenvalue weighted by Crippen LogP contribution is -2.55. The van der Waals surface area contributed by atoms with Gasteiger partial charge in [0.25, 0.3) is 5.91 Å². The third kappa shape index (κ3) is 6.30.